The van der Waals surface area contributed by atoms with Gasteiger partial charge < -0.3 is 15.2 Å². The summed E-state index contributed by atoms with van der Waals surface area (Å²) in [4.78, 5) is 24.2. The van der Waals surface area contributed by atoms with Crippen molar-refractivity contribution in [2.75, 3.05) is 26.2 Å². The number of rotatable bonds is 11. The summed E-state index contributed by atoms with van der Waals surface area (Å²) in [7, 11) is 0. The van der Waals surface area contributed by atoms with E-state index in [9.17, 15) is 9.59 Å². The summed E-state index contributed by atoms with van der Waals surface area (Å²) < 4.78 is 5.37. The average Bonchev–Trinajstić information content (AvgIpc) is 2.35. The second-order valence-electron chi connectivity index (χ2n) is 5.18. The molecule has 0 radical (unpaired) electrons. The van der Waals surface area contributed by atoms with E-state index in [0.29, 0.717) is 13.2 Å². The Morgan fingerprint density at radius 1 is 1.25 bits per heavy atom. The molecule has 6 nitrogen and oxygen atoms in total. The van der Waals surface area contributed by atoms with Crippen LogP contribution in [-0.2, 0) is 14.3 Å². The smallest absolute Gasteiger partial charge is 0.317 e. The summed E-state index contributed by atoms with van der Waals surface area (Å²) >= 11 is 0. The van der Waals surface area contributed by atoms with Gasteiger partial charge in [0.25, 0.3) is 0 Å². The lowest BCUT2D eigenvalue weighted by Crippen LogP contribution is -2.44. The fourth-order valence-electron chi connectivity index (χ4n) is 1.66. The van der Waals surface area contributed by atoms with Crippen LogP contribution in [-0.4, -0.2) is 60.3 Å². The quantitative estimate of drug-likeness (QED) is 0.557. The van der Waals surface area contributed by atoms with Crippen molar-refractivity contribution in [3.05, 3.63) is 0 Å². The lowest BCUT2D eigenvalue weighted by molar-refractivity contribution is -0.139. The fourth-order valence-corrected chi connectivity index (χ4v) is 1.66. The molecule has 1 amide bonds. The van der Waals surface area contributed by atoms with E-state index in [-0.39, 0.29) is 31.1 Å². The van der Waals surface area contributed by atoms with E-state index in [0.717, 1.165) is 12.8 Å². The zero-order valence-electron chi connectivity index (χ0n) is 13.0. The van der Waals surface area contributed by atoms with Gasteiger partial charge in [0.15, 0.2) is 0 Å². The Balaban J connectivity index is 3.97. The number of aliphatic carboxylic acids is 1. The number of carbonyl (C=O) groups excluding carboxylic acids is 1. The number of nitrogens with zero attached hydrogens (tertiary/aromatic N) is 1. The highest BCUT2D eigenvalue weighted by Crippen LogP contribution is 2.02. The summed E-state index contributed by atoms with van der Waals surface area (Å²) in [5, 5.41) is 11.6. The zero-order chi connectivity index (χ0) is 15.5. The van der Waals surface area contributed by atoms with Crippen LogP contribution in [0.15, 0.2) is 0 Å². The molecule has 0 aromatic rings. The molecular formula is C14H28N2O4. The van der Waals surface area contributed by atoms with Gasteiger partial charge in [-0.1, -0.05) is 6.92 Å². The van der Waals surface area contributed by atoms with E-state index < -0.39 is 5.97 Å². The molecule has 0 bridgehead atoms. The van der Waals surface area contributed by atoms with Gasteiger partial charge >= 0.3 is 5.97 Å². The largest absolute Gasteiger partial charge is 0.480 e. The Hall–Kier alpha value is -1.14. The van der Waals surface area contributed by atoms with E-state index in [2.05, 4.69) is 5.32 Å². The van der Waals surface area contributed by atoms with Gasteiger partial charge in [0.1, 0.15) is 0 Å². The molecular weight excluding hydrogens is 260 g/mol. The van der Waals surface area contributed by atoms with Crippen LogP contribution in [0.1, 0.15) is 40.5 Å². The highest BCUT2D eigenvalue weighted by molar-refractivity contribution is 5.79. The summed E-state index contributed by atoms with van der Waals surface area (Å²) in [6, 6.07) is 0.0705. The van der Waals surface area contributed by atoms with Crippen LogP contribution in [0.5, 0.6) is 0 Å². The van der Waals surface area contributed by atoms with Crippen LogP contribution in [0.4, 0.5) is 0 Å². The normalized spacial score (nSPS) is 12.7. The third kappa shape index (κ3) is 9.75. The topological polar surface area (TPSA) is 78.9 Å². The van der Waals surface area contributed by atoms with E-state index in [1.165, 1.54) is 0 Å². The number of ether oxygens (including phenoxy) is 1. The highest BCUT2D eigenvalue weighted by atomic mass is 16.5. The summed E-state index contributed by atoms with van der Waals surface area (Å²) in [5.74, 6) is -1.06. The number of hydrogen-bond acceptors (Lipinski definition) is 4. The molecule has 0 rings (SSSR count). The first kappa shape index (κ1) is 18.9. The molecule has 0 aliphatic heterocycles. The molecule has 0 aromatic carbocycles. The summed E-state index contributed by atoms with van der Waals surface area (Å²) in [6.45, 7) is 9.00. The molecule has 2 N–H and O–H groups in total. The lowest BCUT2D eigenvalue weighted by atomic mass is 10.2. The molecule has 0 spiro atoms. The maximum Gasteiger partial charge on any atom is 0.317 e. The molecule has 1 unspecified atom stereocenters. The molecule has 0 fully saturated rings. The third-order valence-electron chi connectivity index (χ3n) is 2.99. The van der Waals surface area contributed by atoms with Crippen LogP contribution in [0.3, 0.4) is 0 Å². The van der Waals surface area contributed by atoms with Crippen LogP contribution >= 0.6 is 0 Å². The SMILES string of the molecule is CCC(C)N(CC(=O)O)CC(=O)NCCCOC(C)C. The second-order valence-corrected chi connectivity index (χ2v) is 5.18. The van der Waals surface area contributed by atoms with Crippen molar-refractivity contribution < 1.29 is 19.4 Å². The van der Waals surface area contributed by atoms with E-state index in [1.54, 1.807) is 4.90 Å². The highest BCUT2D eigenvalue weighted by Gasteiger charge is 2.18. The minimum Gasteiger partial charge on any atom is -0.480 e. The minimum atomic E-state index is -0.913. The number of nitrogens with one attached hydrogen (secondary N) is 1. The Morgan fingerprint density at radius 3 is 2.40 bits per heavy atom. The van der Waals surface area contributed by atoms with Crippen molar-refractivity contribution in [1.82, 2.24) is 10.2 Å². The van der Waals surface area contributed by atoms with Crippen LogP contribution in [0, 0.1) is 0 Å². The van der Waals surface area contributed by atoms with Crippen LogP contribution in [0.2, 0.25) is 0 Å². The molecule has 0 saturated heterocycles. The minimum absolute atomic E-state index is 0.0705. The first-order valence-corrected chi connectivity index (χ1v) is 7.20. The standard InChI is InChI=1S/C14H28N2O4/c1-5-12(4)16(10-14(18)19)9-13(17)15-7-6-8-20-11(2)3/h11-12H,5-10H2,1-4H3,(H,15,17)(H,18,19). The Morgan fingerprint density at radius 2 is 1.90 bits per heavy atom. The maximum atomic E-state index is 11.8. The van der Waals surface area contributed by atoms with Crippen LogP contribution in [0.25, 0.3) is 0 Å². The first-order valence-electron chi connectivity index (χ1n) is 7.20. The van der Waals surface area contributed by atoms with E-state index in [1.807, 2.05) is 27.7 Å². The Bertz CT molecular complexity index is 295. The van der Waals surface area contributed by atoms with Gasteiger partial charge in [0, 0.05) is 19.2 Å². The lowest BCUT2D eigenvalue weighted by Gasteiger charge is -2.25. The van der Waals surface area contributed by atoms with E-state index in [4.69, 9.17) is 9.84 Å². The molecule has 6 heteroatoms. The number of amides is 1. The molecule has 0 saturated carbocycles. The molecule has 0 heterocycles. The first-order chi connectivity index (χ1) is 9.36. The third-order valence-corrected chi connectivity index (χ3v) is 2.99. The Kier molecular flexibility index (Phi) is 10.0. The fraction of sp³-hybridized carbons (Fsp3) is 0.857. The van der Waals surface area contributed by atoms with Crippen molar-refractivity contribution in [3.63, 3.8) is 0 Å². The monoisotopic (exact) mass is 288 g/mol. The van der Waals surface area contributed by atoms with Gasteiger partial charge in [-0.15, -0.1) is 0 Å². The number of carboxylic acids is 1. The van der Waals surface area contributed by atoms with Gasteiger partial charge in [-0.3, -0.25) is 14.5 Å². The average molecular weight is 288 g/mol. The van der Waals surface area contributed by atoms with Crippen molar-refractivity contribution in [3.8, 4) is 0 Å². The second kappa shape index (κ2) is 10.6. The summed E-state index contributed by atoms with van der Waals surface area (Å²) in [6.07, 6.45) is 1.76. The number of carbonyl (C=O) groups is 2. The molecule has 118 valence electrons. The summed E-state index contributed by atoms with van der Waals surface area (Å²) in [5.41, 5.74) is 0. The van der Waals surface area contributed by atoms with Crippen molar-refractivity contribution >= 4 is 11.9 Å². The molecule has 0 aliphatic rings. The number of carboxylic acid groups (broad SMARTS) is 1. The van der Waals surface area contributed by atoms with Gasteiger partial charge in [0.05, 0.1) is 19.2 Å². The van der Waals surface area contributed by atoms with Gasteiger partial charge in [-0.05, 0) is 33.6 Å². The predicted molar refractivity (Wildman–Crippen MR) is 77.7 cm³/mol. The Labute approximate surface area is 121 Å². The van der Waals surface area contributed by atoms with Crippen LogP contribution < -0.4 is 5.32 Å². The van der Waals surface area contributed by atoms with Gasteiger partial charge in [-0.25, -0.2) is 0 Å². The van der Waals surface area contributed by atoms with Crippen molar-refractivity contribution in [2.45, 2.75) is 52.7 Å². The van der Waals surface area contributed by atoms with E-state index >= 15 is 0 Å². The predicted octanol–water partition coefficient (Wildman–Crippen LogP) is 1.10. The van der Waals surface area contributed by atoms with Gasteiger partial charge in [0.2, 0.25) is 5.91 Å². The van der Waals surface area contributed by atoms with Crippen molar-refractivity contribution in [1.29, 1.82) is 0 Å². The molecule has 20 heavy (non-hydrogen) atoms. The number of hydrogen-bond donors (Lipinski definition) is 2. The van der Waals surface area contributed by atoms with Gasteiger partial charge in [-0.2, -0.15) is 0 Å². The molecule has 1 atom stereocenters. The molecule has 0 aromatic heterocycles. The zero-order valence-corrected chi connectivity index (χ0v) is 13.0. The maximum absolute atomic E-state index is 11.8. The van der Waals surface area contributed by atoms with Crippen molar-refractivity contribution in [2.24, 2.45) is 0 Å². The molecule has 0 aliphatic carbocycles.